The first kappa shape index (κ1) is 31.5. The molecule has 0 spiro atoms. The number of halogens is 3. The molecule has 11 heteroatoms. The molecule has 2 aliphatic rings. The molecule has 7 nitrogen and oxygen atoms in total. The number of fused-ring (bicyclic) bond motifs is 1. The Balaban J connectivity index is 2.11. The normalized spacial score (nSPS) is 24.5. The van der Waals surface area contributed by atoms with Crippen molar-refractivity contribution in [3.63, 3.8) is 0 Å². The molecule has 1 aromatic rings. The highest BCUT2D eigenvalue weighted by atomic mass is 32.2. The van der Waals surface area contributed by atoms with E-state index >= 15 is 0 Å². The molecule has 0 radical (unpaired) electrons. The standard InChI is InChI=1S/C28H42F3NO6S/c1-15(2)18-11-10-16(3)12-21(18)37-25(34)24(38-26(5,6)7)22-17(4)13-20-19(23(22)33)14-27(8,9)32(20)39(35,36)28(29,30)31/h13,15-16,18,21,24,33H,10-12,14H2,1-9H3/t16?,18?,21?,24-/m0/s1. The predicted octanol–water partition coefficient (Wildman–Crippen LogP) is 6.55. The van der Waals surface area contributed by atoms with E-state index in [0.717, 1.165) is 12.8 Å². The van der Waals surface area contributed by atoms with Gasteiger partial charge < -0.3 is 14.6 Å². The Labute approximate surface area is 230 Å². The van der Waals surface area contributed by atoms with Gasteiger partial charge in [0.1, 0.15) is 11.9 Å². The summed E-state index contributed by atoms with van der Waals surface area (Å²) in [5.41, 5.74) is -7.85. The minimum absolute atomic E-state index is 0.00933. The van der Waals surface area contributed by atoms with Gasteiger partial charge >= 0.3 is 21.5 Å². The maximum Gasteiger partial charge on any atom is 0.516 e. The number of alkyl halides is 3. The number of aryl methyl sites for hydroxylation is 1. The van der Waals surface area contributed by atoms with Crippen LogP contribution >= 0.6 is 0 Å². The second-order valence-electron chi connectivity index (χ2n) is 13.1. The zero-order valence-corrected chi connectivity index (χ0v) is 25.1. The molecule has 1 fully saturated rings. The Morgan fingerprint density at radius 1 is 1.18 bits per heavy atom. The van der Waals surface area contributed by atoms with E-state index in [1.807, 2.05) is 0 Å². The average Bonchev–Trinajstić information content (AvgIpc) is 3.01. The van der Waals surface area contributed by atoms with Crippen molar-refractivity contribution < 1.29 is 41.0 Å². The molecule has 1 saturated carbocycles. The van der Waals surface area contributed by atoms with Gasteiger partial charge in [0, 0.05) is 17.5 Å². The number of phenols is 1. The fourth-order valence-electron chi connectivity index (χ4n) is 5.96. The average molecular weight is 578 g/mol. The Hall–Kier alpha value is -2.01. The lowest BCUT2D eigenvalue weighted by Crippen LogP contribution is -2.50. The first-order valence-electron chi connectivity index (χ1n) is 13.4. The maximum absolute atomic E-state index is 13.7. The second-order valence-corrected chi connectivity index (χ2v) is 14.8. The number of phenolic OH excluding ortho intramolecular Hbond substituents is 1. The number of rotatable bonds is 6. The van der Waals surface area contributed by atoms with Crippen molar-refractivity contribution in [3.05, 3.63) is 22.8 Å². The molecule has 4 atom stereocenters. The van der Waals surface area contributed by atoms with E-state index < -0.39 is 44.5 Å². The van der Waals surface area contributed by atoms with Crippen LogP contribution < -0.4 is 4.31 Å². The van der Waals surface area contributed by atoms with Gasteiger partial charge in [0.25, 0.3) is 0 Å². The van der Waals surface area contributed by atoms with E-state index in [1.54, 1.807) is 20.8 Å². The molecule has 39 heavy (non-hydrogen) atoms. The van der Waals surface area contributed by atoms with Crippen LogP contribution in [-0.2, 0) is 30.7 Å². The minimum Gasteiger partial charge on any atom is -0.507 e. The van der Waals surface area contributed by atoms with Crippen LogP contribution in [0.4, 0.5) is 18.9 Å². The van der Waals surface area contributed by atoms with Crippen molar-refractivity contribution in [2.45, 2.75) is 117 Å². The molecule has 0 saturated heterocycles. The Kier molecular flexibility index (Phi) is 8.43. The monoisotopic (exact) mass is 577 g/mol. The fourth-order valence-corrected chi connectivity index (χ4v) is 7.30. The number of hydrogen-bond donors (Lipinski definition) is 1. The van der Waals surface area contributed by atoms with Crippen molar-refractivity contribution in [1.29, 1.82) is 0 Å². The van der Waals surface area contributed by atoms with Crippen molar-refractivity contribution >= 4 is 21.7 Å². The van der Waals surface area contributed by atoms with Crippen LogP contribution in [0.5, 0.6) is 5.75 Å². The van der Waals surface area contributed by atoms with Crippen LogP contribution in [0.1, 0.15) is 97.4 Å². The van der Waals surface area contributed by atoms with Gasteiger partial charge in [0.15, 0.2) is 6.10 Å². The number of anilines is 1. The molecule has 1 heterocycles. The predicted molar refractivity (Wildman–Crippen MR) is 143 cm³/mol. The van der Waals surface area contributed by atoms with E-state index in [0.29, 0.717) is 16.6 Å². The van der Waals surface area contributed by atoms with Crippen molar-refractivity contribution in [3.8, 4) is 5.75 Å². The van der Waals surface area contributed by atoms with Gasteiger partial charge in [-0.15, -0.1) is 0 Å². The summed E-state index contributed by atoms with van der Waals surface area (Å²) in [5.74, 6) is -0.321. The molecule has 1 N–H and O–H groups in total. The first-order chi connectivity index (χ1) is 17.6. The molecule has 3 rings (SSSR count). The Morgan fingerprint density at radius 3 is 2.28 bits per heavy atom. The Morgan fingerprint density at radius 2 is 1.77 bits per heavy atom. The molecule has 0 amide bonds. The number of nitrogens with zero attached hydrogens (tertiary/aromatic N) is 1. The molecular formula is C28H42F3NO6S. The lowest BCUT2D eigenvalue weighted by atomic mass is 9.75. The third-order valence-electron chi connectivity index (χ3n) is 7.72. The highest BCUT2D eigenvalue weighted by Gasteiger charge is 2.57. The van der Waals surface area contributed by atoms with E-state index in [4.69, 9.17) is 9.47 Å². The number of aromatic hydroxyl groups is 1. The van der Waals surface area contributed by atoms with Crippen molar-refractivity contribution in [1.82, 2.24) is 0 Å². The van der Waals surface area contributed by atoms with Gasteiger partial charge in [0.05, 0.1) is 16.8 Å². The third-order valence-corrected chi connectivity index (χ3v) is 9.47. The number of ether oxygens (including phenoxy) is 2. The molecule has 3 unspecified atom stereocenters. The molecule has 1 aromatic carbocycles. The molecule has 222 valence electrons. The number of esters is 1. The highest BCUT2D eigenvalue weighted by molar-refractivity contribution is 7.93. The molecular weight excluding hydrogens is 535 g/mol. The van der Waals surface area contributed by atoms with Crippen LogP contribution in [0, 0.1) is 24.7 Å². The van der Waals surface area contributed by atoms with Crippen molar-refractivity contribution in [2.24, 2.45) is 17.8 Å². The van der Waals surface area contributed by atoms with Crippen LogP contribution in [0.3, 0.4) is 0 Å². The molecule has 0 aromatic heterocycles. The number of sulfonamides is 1. The summed E-state index contributed by atoms with van der Waals surface area (Å²) in [4.78, 5) is 13.7. The van der Waals surface area contributed by atoms with Gasteiger partial charge in [0.2, 0.25) is 0 Å². The van der Waals surface area contributed by atoms with E-state index in [2.05, 4.69) is 20.8 Å². The summed E-state index contributed by atoms with van der Waals surface area (Å²) in [6.07, 6.45) is 0.765. The van der Waals surface area contributed by atoms with Crippen molar-refractivity contribution in [2.75, 3.05) is 4.31 Å². The highest BCUT2D eigenvalue weighted by Crippen LogP contribution is 2.51. The van der Waals surface area contributed by atoms with E-state index in [9.17, 15) is 31.5 Å². The van der Waals surface area contributed by atoms with Gasteiger partial charge in [-0.2, -0.15) is 21.6 Å². The summed E-state index contributed by atoms with van der Waals surface area (Å²) in [5, 5.41) is 11.4. The quantitative estimate of drug-likeness (QED) is 0.386. The van der Waals surface area contributed by atoms with Crippen LogP contribution in [0.25, 0.3) is 0 Å². The number of hydrogen-bond acceptors (Lipinski definition) is 6. The van der Waals surface area contributed by atoms with E-state index in [-0.39, 0.29) is 46.7 Å². The Bertz CT molecular complexity index is 1200. The minimum atomic E-state index is -5.75. The van der Waals surface area contributed by atoms with Crippen LogP contribution in [-0.4, -0.2) is 42.2 Å². The smallest absolute Gasteiger partial charge is 0.507 e. The summed E-state index contributed by atoms with van der Waals surface area (Å²) < 4.78 is 78.3. The SMILES string of the molecule is Cc1cc2c(c(O)c1[C@H](OC(C)(C)C)C(=O)OC1CC(C)CCC1C(C)C)CC(C)(C)N2S(=O)(=O)C(F)(F)F. The molecule has 1 aliphatic carbocycles. The van der Waals surface area contributed by atoms with Gasteiger partial charge in [-0.3, -0.25) is 4.31 Å². The summed E-state index contributed by atoms with van der Waals surface area (Å²) in [6, 6.07) is 1.27. The molecule has 1 aliphatic heterocycles. The summed E-state index contributed by atoms with van der Waals surface area (Å²) in [7, 11) is -5.75. The summed E-state index contributed by atoms with van der Waals surface area (Å²) in [6.45, 7) is 15.7. The van der Waals surface area contributed by atoms with Crippen LogP contribution in [0.2, 0.25) is 0 Å². The number of carbonyl (C=O) groups is 1. The van der Waals surface area contributed by atoms with E-state index in [1.165, 1.54) is 26.8 Å². The lowest BCUT2D eigenvalue weighted by molar-refractivity contribution is -0.179. The van der Waals surface area contributed by atoms with Gasteiger partial charge in [-0.25, -0.2) is 4.79 Å². The topological polar surface area (TPSA) is 93.1 Å². The second kappa shape index (κ2) is 10.4. The van der Waals surface area contributed by atoms with Crippen LogP contribution in [0.15, 0.2) is 6.07 Å². The largest absolute Gasteiger partial charge is 0.516 e. The summed E-state index contributed by atoms with van der Waals surface area (Å²) >= 11 is 0. The lowest BCUT2D eigenvalue weighted by Gasteiger charge is -2.38. The first-order valence-corrected chi connectivity index (χ1v) is 14.9. The fraction of sp³-hybridized carbons (Fsp3) is 0.750. The molecule has 0 bridgehead atoms. The zero-order chi connectivity index (χ0) is 29.9. The zero-order valence-electron chi connectivity index (χ0n) is 24.3. The number of carbonyl (C=O) groups excluding carboxylic acids is 1. The van der Waals surface area contributed by atoms with Gasteiger partial charge in [-0.1, -0.05) is 27.2 Å². The maximum atomic E-state index is 13.7. The number of benzene rings is 1. The van der Waals surface area contributed by atoms with Gasteiger partial charge in [-0.05, 0) is 83.8 Å². The third kappa shape index (κ3) is 6.19.